The summed E-state index contributed by atoms with van der Waals surface area (Å²) in [7, 11) is 0. The lowest BCUT2D eigenvalue weighted by molar-refractivity contribution is -0.123. The number of primary amides is 1. The Morgan fingerprint density at radius 3 is 2.65 bits per heavy atom. The molecule has 1 saturated carbocycles. The Labute approximate surface area is 255 Å². The van der Waals surface area contributed by atoms with Crippen molar-refractivity contribution in [1.82, 2.24) is 15.3 Å². The van der Waals surface area contributed by atoms with Gasteiger partial charge in [-0.2, -0.15) is 0 Å². The first-order chi connectivity index (χ1) is 20.3. The molecule has 12 heteroatoms. The van der Waals surface area contributed by atoms with Gasteiger partial charge in [0.2, 0.25) is 5.91 Å². The number of rotatable bonds is 7. The van der Waals surface area contributed by atoms with Crippen molar-refractivity contribution in [2.75, 3.05) is 13.2 Å². The summed E-state index contributed by atoms with van der Waals surface area (Å²) in [6.07, 6.45) is 2.97. The number of pyridine rings is 2. The number of hydrogen-bond donors (Lipinski definition) is 3. The molecule has 2 aromatic carbocycles. The summed E-state index contributed by atoms with van der Waals surface area (Å²) in [6.45, 7) is 3.08. The minimum Gasteiger partial charge on any atom is -0.489 e. The molecule has 8 nitrogen and oxygen atoms in total. The molecule has 0 bridgehead atoms. The molecule has 3 heterocycles. The van der Waals surface area contributed by atoms with Gasteiger partial charge in [0.15, 0.2) is 11.6 Å². The minimum absolute atomic E-state index is 0.00396. The Morgan fingerprint density at radius 2 is 1.95 bits per heavy atom. The van der Waals surface area contributed by atoms with Gasteiger partial charge >= 0.3 is 0 Å². The average molecular weight is 627 g/mol. The summed E-state index contributed by atoms with van der Waals surface area (Å²) in [5.74, 6) is -3.77. The highest BCUT2D eigenvalue weighted by Crippen LogP contribution is 2.50. The van der Waals surface area contributed by atoms with E-state index in [2.05, 4.69) is 15.3 Å². The van der Waals surface area contributed by atoms with Gasteiger partial charge < -0.3 is 20.9 Å². The molecule has 0 saturated heterocycles. The fourth-order valence-electron chi connectivity index (χ4n) is 5.47. The van der Waals surface area contributed by atoms with Crippen LogP contribution < -0.4 is 15.8 Å². The molecule has 1 aliphatic carbocycles. The Hall–Kier alpha value is -3.86. The fraction of sp³-hybridized carbons (Fsp3) is 0.290. The maximum absolute atomic E-state index is 14.5. The molecule has 6 rings (SSSR count). The standard InChI is InChI=1S/C31H26Cl2F2N4O4/c1-14-7-15-8-16(9-20(32)25(15)37-11-14)28(40)38-12-31(42,17-3-4-17)22-10-19-27(43-13-30(19,2)29(36)41)26(39-22)18-5-6-21(34)24(35)23(18)33/h5-11,17,42H,3-4,12-13H2,1-2H3,(H2,36,41)(H,38,40)/t30-,31?/m0/s1. The van der Waals surface area contributed by atoms with Crippen LogP contribution in [0.15, 0.2) is 42.6 Å². The molecule has 1 unspecified atom stereocenters. The van der Waals surface area contributed by atoms with Crippen LogP contribution in [0.2, 0.25) is 10.0 Å². The summed E-state index contributed by atoms with van der Waals surface area (Å²) in [6, 6.07) is 8.70. The van der Waals surface area contributed by atoms with Gasteiger partial charge in [0.1, 0.15) is 29.1 Å². The zero-order chi connectivity index (χ0) is 30.8. The second kappa shape index (κ2) is 10.4. The van der Waals surface area contributed by atoms with E-state index in [1.165, 1.54) is 18.2 Å². The molecule has 1 fully saturated rings. The van der Waals surface area contributed by atoms with Gasteiger partial charge in [-0.05, 0) is 74.6 Å². The summed E-state index contributed by atoms with van der Waals surface area (Å²) in [4.78, 5) is 34.9. The van der Waals surface area contributed by atoms with Crippen molar-refractivity contribution < 1.29 is 28.2 Å². The van der Waals surface area contributed by atoms with Crippen molar-refractivity contribution >= 4 is 45.9 Å². The number of nitrogens with zero attached hydrogens (tertiary/aromatic N) is 2. The van der Waals surface area contributed by atoms with Crippen LogP contribution in [-0.2, 0) is 15.8 Å². The zero-order valence-electron chi connectivity index (χ0n) is 23.1. The summed E-state index contributed by atoms with van der Waals surface area (Å²) in [5.41, 5.74) is 4.90. The van der Waals surface area contributed by atoms with E-state index >= 15 is 0 Å². The summed E-state index contributed by atoms with van der Waals surface area (Å²) in [5, 5.41) is 15.4. The number of carbonyl (C=O) groups excluding carboxylic acids is 2. The molecule has 1 aliphatic heterocycles. The van der Waals surface area contributed by atoms with Crippen molar-refractivity contribution in [1.29, 1.82) is 0 Å². The van der Waals surface area contributed by atoms with Gasteiger partial charge in [-0.3, -0.25) is 14.6 Å². The Balaban J connectivity index is 1.42. The van der Waals surface area contributed by atoms with Gasteiger partial charge in [0, 0.05) is 28.3 Å². The number of hydrogen-bond acceptors (Lipinski definition) is 6. The second-order valence-electron chi connectivity index (χ2n) is 11.4. The number of aryl methyl sites for hydroxylation is 1. The van der Waals surface area contributed by atoms with Crippen LogP contribution in [0.5, 0.6) is 5.75 Å². The van der Waals surface area contributed by atoms with Crippen LogP contribution >= 0.6 is 23.2 Å². The molecule has 2 atom stereocenters. The van der Waals surface area contributed by atoms with Crippen LogP contribution in [0.4, 0.5) is 8.78 Å². The quantitative estimate of drug-likeness (QED) is 0.237. The topological polar surface area (TPSA) is 127 Å². The first-order valence-electron chi connectivity index (χ1n) is 13.5. The lowest BCUT2D eigenvalue weighted by Gasteiger charge is -2.30. The highest BCUT2D eigenvalue weighted by Gasteiger charge is 2.50. The highest BCUT2D eigenvalue weighted by atomic mass is 35.5. The number of fused-ring (bicyclic) bond motifs is 2. The van der Waals surface area contributed by atoms with E-state index in [0.29, 0.717) is 34.3 Å². The third-order valence-electron chi connectivity index (χ3n) is 8.26. The van der Waals surface area contributed by atoms with Gasteiger partial charge in [0.25, 0.3) is 5.91 Å². The number of nitrogens with two attached hydrogens (primary N) is 1. The van der Waals surface area contributed by atoms with Crippen LogP contribution in [0.1, 0.15) is 46.9 Å². The zero-order valence-corrected chi connectivity index (χ0v) is 24.6. The van der Waals surface area contributed by atoms with Crippen LogP contribution in [0, 0.1) is 24.5 Å². The van der Waals surface area contributed by atoms with E-state index in [0.717, 1.165) is 11.6 Å². The predicted molar refractivity (Wildman–Crippen MR) is 157 cm³/mol. The molecule has 0 spiro atoms. The largest absolute Gasteiger partial charge is 0.489 e. The fourth-order valence-corrected chi connectivity index (χ4v) is 5.99. The van der Waals surface area contributed by atoms with E-state index in [9.17, 15) is 23.5 Å². The lowest BCUT2D eigenvalue weighted by atomic mass is 9.81. The molecule has 0 radical (unpaired) electrons. The third kappa shape index (κ3) is 4.87. The molecule has 222 valence electrons. The number of halogens is 4. The van der Waals surface area contributed by atoms with Crippen molar-refractivity contribution in [3.63, 3.8) is 0 Å². The van der Waals surface area contributed by atoms with Gasteiger partial charge in [0.05, 0.1) is 27.8 Å². The average Bonchev–Trinajstić information content (AvgIpc) is 3.77. The summed E-state index contributed by atoms with van der Waals surface area (Å²) < 4.78 is 34.3. The van der Waals surface area contributed by atoms with Crippen molar-refractivity contribution in [3.05, 3.63) is 86.7 Å². The molecule has 4 aromatic rings. The van der Waals surface area contributed by atoms with E-state index < -0.39 is 39.5 Å². The van der Waals surface area contributed by atoms with Crippen molar-refractivity contribution in [2.45, 2.75) is 37.7 Å². The second-order valence-corrected chi connectivity index (χ2v) is 12.1. The number of ether oxygens (including phenoxy) is 1. The number of benzene rings is 2. The minimum atomic E-state index is -1.70. The monoisotopic (exact) mass is 626 g/mol. The highest BCUT2D eigenvalue weighted by molar-refractivity contribution is 6.35. The number of nitrogens with one attached hydrogen (secondary N) is 1. The summed E-state index contributed by atoms with van der Waals surface area (Å²) >= 11 is 12.6. The van der Waals surface area contributed by atoms with Crippen LogP contribution in [0.3, 0.4) is 0 Å². The van der Waals surface area contributed by atoms with Crippen molar-refractivity contribution in [3.8, 4) is 17.0 Å². The van der Waals surface area contributed by atoms with E-state index in [1.54, 1.807) is 19.2 Å². The van der Waals surface area contributed by atoms with E-state index in [1.807, 2.05) is 13.0 Å². The number of aliphatic hydroxyl groups is 1. The van der Waals surface area contributed by atoms with E-state index in [4.69, 9.17) is 33.7 Å². The number of carbonyl (C=O) groups is 2. The van der Waals surface area contributed by atoms with Crippen LogP contribution in [-0.4, -0.2) is 40.0 Å². The molecule has 2 aliphatic rings. The first kappa shape index (κ1) is 29.2. The molecule has 2 amide bonds. The van der Waals surface area contributed by atoms with Crippen molar-refractivity contribution in [2.24, 2.45) is 11.7 Å². The predicted octanol–water partition coefficient (Wildman–Crippen LogP) is 5.35. The Bertz CT molecular complexity index is 1850. The lowest BCUT2D eigenvalue weighted by Crippen LogP contribution is -2.44. The smallest absolute Gasteiger partial charge is 0.251 e. The Kier molecular flexibility index (Phi) is 7.06. The molecule has 4 N–H and O–H groups in total. The van der Waals surface area contributed by atoms with Gasteiger partial charge in [-0.1, -0.05) is 23.2 Å². The SMILES string of the molecule is Cc1cnc2c(Cl)cc(C(=O)NCC(O)(c3cc4c(c(-c5ccc(F)c(F)c5Cl)n3)OC[C@]4(C)C(N)=O)C3CC3)cc2c1. The normalized spacial score (nSPS) is 19.0. The number of aromatic nitrogens is 2. The molecule has 43 heavy (non-hydrogen) atoms. The number of amides is 2. The molecular formula is C31H26Cl2F2N4O4. The maximum atomic E-state index is 14.5. The molecular weight excluding hydrogens is 601 g/mol. The Morgan fingerprint density at radius 1 is 1.21 bits per heavy atom. The van der Waals surface area contributed by atoms with Gasteiger partial charge in [-0.25, -0.2) is 13.8 Å². The third-order valence-corrected chi connectivity index (χ3v) is 8.91. The first-order valence-corrected chi connectivity index (χ1v) is 14.3. The van der Waals surface area contributed by atoms with Gasteiger partial charge in [-0.15, -0.1) is 0 Å². The maximum Gasteiger partial charge on any atom is 0.251 e. The van der Waals surface area contributed by atoms with E-state index in [-0.39, 0.29) is 47.3 Å². The molecule has 2 aromatic heterocycles. The van der Waals surface area contributed by atoms with Crippen LogP contribution in [0.25, 0.3) is 22.2 Å².